The van der Waals surface area contributed by atoms with Crippen LogP contribution in [0.1, 0.15) is 11.6 Å². The second-order valence-corrected chi connectivity index (χ2v) is 5.81. The molecule has 2 aromatic carbocycles. The maximum absolute atomic E-state index is 13.0. The van der Waals surface area contributed by atoms with Crippen molar-refractivity contribution in [2.75, 3.05) is 5.32 Å². The summed E-state index contributed by atoms with van der Waals surface area (Å²) in [6.07, 6.45) is 6.92. The van der Waals surface area contributed by atoms with E-state index in [-0.39, 0.29) is 5.91 Å². The minimum absolute atomic E-state index is 0.156. The molecule has 4 rings (SSSR count). The number of nitrogens with zero attached hydrogens (tertiary/aromatic N) is 3. The van der Waals surface area contributed by atoms with Gasteiger partial charge in [-0.05, 0) is 23.8 Å². The highest BCUT2D eigenvalue weighted by molar-refractivity contribution is 5.96. The van der Waals surface area contributed by atoms with Gasteiger partial charge >= 0.3 is 0 Å². The van der Waals surface area contributed by atoms with Crippen molar-refractivity contribution in [2.24, 2.45) is 0 Å². The molecular weight excluding hydrogens is 326 g/mol. The zero-order chi connectivity index (χ0) is 17.8. The maximum atomic E-state index is 13.0. The fourth-order valence-electron chi connectivity index (χ4n) is 2.87. The zero-order valence-corrected chi connectivity index (χ0v) is 13.9. The molecule has 0 saturated carbocycles. The third-order valence-corrected chi connectivity index (χ3v) is 4.05. The Balaban J connectivity index is 1.62. The van der Waals surface area contributed by atoms with Gasteiger partial charge in [0.1, 0.15) is 5.82 Å². The Labute approximate surface area is 150 Å². The van der Waals surface area contributed by atoms with E-state index in [1.807, 2.05) is 54.6 Å². The Hall–Kier alpha value is -3.67. The van der Waals surface area contributed by atoms with Crippen LogP contribution in [0.15, 0.2) is 85.5 Å². The number of carbonyl (C=O) groups excluding carboxylic acids is 1. The molecule has 1 atom stereocenters. The number of aromatic nitrogens is 4. The van der Waals surface area contributed by atoms with Gasteiger partial charge in [0.25, 0.3) is 5.91 Å². The Kier molecular flexibility index (Phi) is 4.30. The topological polar surface area (TPSA) is 75.6 Å². The van der Waals surface area contributed by atoms with E-state index in [1.165, 1.54) is 0 Å². The first-order chi connectivity index (χ1) is 12.8. The van der Waals surface area contributed by atoms with Crippen molar-refractivity contribution in [3.05, 3.63) is 91.0 Å². The number of amides is 1. The van der Waals surface area contributed by atoms with Crippen LogP contribution in [0, 0.1) is 0 Å². The fourth-order valence-corrected chi connectivity index (χ4v) is 2.87. The van der Waals surface area contributed by atoms with Crippen LogP contribution in [0.2, 0.25) is 0 Å². The van der Waals surface area contributed by atoms with Gasteiger partial charge in [-0.3, -0.25) is 9.48 Å². The van der Waals surface area contributed by atoms with E-state index in [9.17, 15) is 4.79 Å². The summed E-state index contributed by atoms with van der Waals surface area (Å²) < 4.78 is 1.65. The highest BCUT2D eigenvalue weighted by atomic mass is 16.2. The molecule has 0 bridgehead atoms. The Morgan fingerprint density at radius 3 is 2.65 bits per heavy atom. The van der Waals surface area contributed by atoms with Crippen molar-refractivity contribution in [1.82, 2.24) is 19.7 Å². The number of H-pyrrole nitrogens is 1. The highest BCUT2D eigenvalue weighted by Gasteiger charge is 2.23. The van der Waals surface area contributed by atoms with E-state index < -0.39 is 6.04 Å². The van der Waals surface area contributed by atoms with Gasteiger partial charge < -0.3 is 10.3 Å². The van der Waals surface area contributed by atoms with E-state index in [0.29, 0.717) is 5.69 Å². The summed E-state index contributed by atoms with van der Waals surface area (Å²) in [5.74, 6) is 0.601. The molecule has 0 aliphatic rings. The smallest absolute Gasteiger partial charge is 0.253 e. The molecule has 0 aliphatic heterocycles. The average molecular weight is 343 g/mol. The average Bonchev–Trinajstić information content (AvgIpc) is 3.37. The summed E-state index contributed by atoms with van der Waals surface area (Å²) in [7, 11) is 0. The molecule has 26 heavy (non-hydrogen) atoms. The first kappa shape index (κ1) is 15.8. The predicted octanol–water partition coefficient (Wildman–Crippen LogP) is 3.50. The monoisotopic (exact) mass is 343 g/mol. The lowest BCUT2D eigenvalue weighted by atomic mass is 10.1. The molecule has 1 amide bonds. The van der Waals surface area contributed by atoms with E-state index in [0.717, 1.165) is 17.0 Å². The number of carbonyl (C=O) groups is 1. The molecule has 0 fully saturated rings. The summed E-state index contributed by atoms with van der Waals surface area (Å²) in [6.45, 7) is 0. The Morgan fingerprint density at radius 2 is 1.92 bits per heavy atom. The van der Waals surface area contributed by atoms with Gasteiger partial charge in [-0.25, -0.2) is 4.98 Å². The molecule has 0 saturated heterocycles. The maximum Gasteiger partial charge on any atom is 0.253 e. The molecular formula is C20H17N5O. The molecule has 2 heterocycles. The van der Waals surface area contributed by atoms with Gasteiger partial charge in [0.2, 0.25) is 0 Å². The predicted molar refractivity (Wildman–Crippen MR) is 99.5 cm³/mol. The summed E-state index contributed by atoms with van der Waals surface area (Å²) in [4.78, 5) is 20.3. The Bertz CT molecular complexity index is 978. The third-order valence-electron chi connectivity index (χ3n) is 4.05. The van der Waals surface area contributed by atoms with Crippen molar-refractivity contribution in [1.29, 1.82) is 0 Å². The first-order valence-corrected chi connectivity index (χ1v) is 8.26. The molecule has 2 aromatic heterocycles. The van der Waals surface area contributed by atoms with E-state index in [1.54, 1.807) is 35.5 Å². The normalized spacial score (nSPS) is 11.8. The molecule has 6 heteroatoms. The molecule has 0 unspecified atom stereocenters. The van der Waals surface area contributed by atoms with Crippen LogP contribution in [-0.2, 0) is 4.79 Å². The molecule has 6 nitrogen and oxygen atoms in total. The summed E-state index contributed by atoms with van der Waals surface area (Å²) >= 11 is 0. The highest BCUT2D eigenvalue weighted by Crippen LogP contribution is 2.23. The van der Waals surface area contributed by atoms with Crippen molar-refractivity contribution in [3.8, 4) is 11.4 Å². The minimum atomic E-state index is -0.543. The van der Waals surface area contributed by atoms with Crippen LogP contribution < -0.4 is 5.32 Å². The van der Waals surface area contributed by atoms with Crippen LogP contribution in [0.4, 0.5) is 5.69 Å². The molecule has 0 radical (unpaired) electrons. The SMILES string of the molecule is O=C(Nc1cccc(-c2ncc[nH]2)c1)[C@H](c1ccccc1)n1cccn1. The third kappa shape index (κ3) is 3.25. The van der Waals surface area contributed by atoms with Gasteiger partial charge in [-0.1, -0.05) is 42.5 Å². The number of nitrogens with one attached hydrogen (secondary N) is 2. The lowest BCUT2D eigenvalue weighted by molar-refractivity contribution is -0.118. The van der Waals surface area contributed by atoms with Crippen LogP contribution >= 0.6 is 0 Å². The number of imidazole rings is 1. The largest absolute Gasteiger partial charge is 0.345 e. The standard InChI is InChI=1S/C20H17N5O/c26-20(18(25-13-5-10-23-25)15-6-2-1-3-7-15)24-17-9-4-8-16(14-17)19-21-11-12-22-19/h1-14,18H,(H,21,22)(H,24,26)/t18-/m0/s1. The molecule has 4 aromatic rings. The van der Waals surface area contributed by atoms with Gasteiger partial charge in [0.15, 0.2) is 6.04 Å². The number of anilines is 1. The lowest BCUT2D eigenvalue weighted by Crippen LogP contribution is -2.27. The second kappa shape index (κ2) is 7.06. The quantitative estimate of drug-likeness (QED) is 0.582. The second-order valence-electron chi connectivity index (χ2n) is 5.81. The van der Waals surface area contributed by atoms with Crippen LogP contribution in [0.3, 0.4) is 0 Å². The van der Waals surface area contributed by atoms with Crippen LogP contribution in [0.25, 0.3) is 11.4 Å². The fraction of sp³-hybridized carbons (Fsp3) is 0.0500. The molecule has 2 N–H and O–H groups in total. The minimum Gasteiger partial charge on any atom is -0.345 e. The van der Waals surface area contributed by atoms with Crippen molar-refractivity contribution in [3.63, 3.8) is 0 Å². The number of hydrogen-bond donors (Lipinski definition) is 2. The summed E-state index contributed by atoms with van der Waals surface area (Å²) in [6, 6.07) is 18.4. The number of aromatic amines is 1. The van der Waals surface area contributed by atoms with Crippen molar-refractivity contribution in [2.45, 2.75) is 6.04 Å². The zero-order valence-electron chi connectivity index (χ0n) is 13.9. The molecule has 0 spiro atoms. The molecule has 0 aliphatic carbocycles. The van der Waals surface area contributed by atoms with Gasteiger partial charge in [-0.15, -0.1) is 0 Å². The lowest BCUT2D eigenvalue weighted by Gasteiger charge is -2.18. The summed E-state index contributed by atoms with van der Waals surface area (Å²) in [5, 5.41) is 7.24. The van der Waals surface area contributed by atoms with Gasteiger partial charge in [-0.2, -0.15) is 5.10 Å². The summed E-state index contributed by atoms with van der Waals surface area (Å²) in [5.41, 5.74) is 2.48. The van der Waals surface area contributed by atoms with E-state index in [2.05, 4.69) is 20.4 Å². The van der Waals surface area contributed by atoms with Crippen LogP contribution in [-0.4, -0.2) is 25.7 Å². The van der Waals surface area contributed by atoms with Gasteiger partial charge in [0.05, 0.1) is 0 Å². The molecule has 128 valence electrons. The van der Waals surface area contributed by atoms with Crippen molar-refractivity contribution < 1.29 is 4.79 Å². The van der Waals surface area contributed by atoms with E-state index >= 15 is 0 Å². The number of rotatable bonds is 5. The van der Waals surface area contributed by atoms with Crippen molar-refractivity contribution >= 4 is 11.6 Å². The first-order valence-electron chi connectivity index (χ1n) is 8.26. The number of benzene rings is 2. The number of hydrogen-bond acceptors (Lipinski definition) is 3. The Morgan fingerprint density at radius 1 is 1.04 bits per heavy atom. The van der Waals surface area contributed by atoms with Crippen LogP contribution in [0.5, 0.6) is 0 Å². The van der Waals surface area contributed by atoms with E-state index in [4.69, 9.17) is 0 Å². The van der Waals surface area contributed by atoms with Gasteiger partial charge in [0, 0.05) is 36.0 Å².